The molecule has 11 heavy (non-hydrogen) atoms. The van der Waals surface area contributed by atoms with Crippen molar-refractivity contribution in [1.29, 1.82) is 0 Å². The van der Waals surface area contributed by atoms with Crippen molar-refractivity contribution >= 4 is 0 Å². The van der Waals surface area contributed by atoms with Gasteiger partial charge in [0.2, 0.25) is 0 Å². The highest BCUT2D eigenvalue weighted by molar-refractivity contribution is 5.22. The molecule has 0 aromatic heterocycles. The summed E-state index contributed by atoms with van der Waals surface area (Å²) in [6.07, 6.45) is 8.90. The predicted molar refractivity (Wildman–Crippen MR) is 49.6 cm³/mol. The molecule has 0 unspecified atom stereocenters. The molecule has 0 bridgehead atoms. The summed E-state index contributed by atoms with van der Waals surface area (Å²) in [5.74, 6) is 0. The van der Waals surface area contributed by atoms with Crippen LogP contribution in [0.4, 0.5) is 0 Å². The minimum absolute atomic E-state index is 0.675. The van der Waals surface area contributed by atoms with Gasteiger partial charge >= 0.3 is 0 Å². The van der Waals surface area contributed by atoms with E-state index in [0.29, 0.717) is 6.61 Å². The van der Waals surface area contributed by atoms with E-state index < -0.39 is 0 Å². The summed E-state index contributed by atoms with van der Waals surface area (Å²) in [7, 11) is 1.69. The summed E-state index contributed by atoms with van der Waals surface area (Å²) in [6.45, 7) is 6.43. The van der Waals surface area contributed by atoms with Crippen molar-refractivity contribution in [3.8, 4) is 0 Å². The SMILES string of the molecule is C=C/C=C(\C=C/COC)CC. The zero-order valence-corrected chi connectivity index (χ0v) is 7.34. The van der Waals surface area contributed by atoms with E-state index in [0.717, 1.165) is 6.42 Å². The summed E-state index contributed by atoms with van der Waals surface area (Å²) in [6, 6.07) is 0. The third kappa shape index (κ3) is 5.62. The topological polar surface area (TPSA) is 9.23 Å². The first-order chi connectivity index (χ1) is 5.35. The standard InChI is InChI=1S/C10H16O/c1-4-7-10(5-2)8-6-9-11-3/h4,6-8H,1,5,9H2,2-3H3/b8-6-,10-7-. The Balaban J connectivity index is 3.86. The van der Waals surface area contributed by atoms with Gasteiger partial charge in [-0.3, -0.25) is 0 Å². The molecule has 0 aliphatic heterocycles. The Labute approximate surface area is 69.1 Å². The van der Waals surface area contributed by atoms with Gasteiger partial charge in [-0.2, -0.15) is 0 Å². The molecule has 0 N–H and O–H groups in total. The maximum Gasteiger partial charge on any atom is 0.0646 e. The first kappa shape index (κ1) is 10.2. The molecule has 0 rings (SSSR count). The largest absolute Gasteiger partial charge is 0.381 e. The molecule has 0 aromatic carbocycles. The Bertz CT molecular complexity index is 154. The van der Waals surface area contributed by atoms with E-state index in [4.69, 9.17) is 4.74 Å². The summed E-state index contributed by atoms with van der Waals surface area (Å²) in [4.78, 5) is 0. The highest BCUT2D eigenvalue weighted by Gasteiger charge is 1.83. The van der Waals surface area contributed by atoms with Crippen LogP contribution in [-0.2, 0) is 4.74 Å². The third-order valence-corrected chi connectivity index (χ3v) is 1.33. The van der Waals surface area contributed by atoms with E-state index in [9.17, 15) is 0 Å². The number of rotatable bonds is 5. The highest BCUT2D eigenvalue weighted by Crippen LogP contribution is 2.01. The van der Waals surface area contributed by atoms with Crippen LogP contribution in [0.25, 0.3) is 0 Å². The van der Waals surface area contributed by atoms with E-state index in [1.807, 2.05) is 12.2 Å². The van der Waals surface area contributed by atoms with Crippen LogP contribution in [0.2, 0.25) is 0 Å². The second-order valence-electron chi connectivity index (χ2n) is 2.19. The fourth-order valence-corrected chi connectivity index (χ4v) is 0.738. The number of hydrogen-bond acceptors (Lipinski definition) is 1. The second kappa shape index (κ2) is 7.29. The lowest BCUT2D eigenvalue weighted by molar-refractivity contribution is 0.234. The van der Waals surface area contributed by atoms with Gasteiger partial charge in [-0.15, -0.1) is 0 Å². The lowest BCUT2D eigenvalue weighted by Gasteiger charge is -1.93. The molecule has 0 aromatic rings. The number of methoxy groups -OCH3 is 1. The summed E-state index contributed by atoms with van der Waals surface area (Å²) >= 11 is 0. The van der Waals surface area contributed by atoms with Gasteiger partial charge in [0.25, 0.3) is 0 Å². The van der Waals surface area contributed by atoms with Crippen molar-refractivity contribution in [3.05, 3.63) is 36.5 Å². The Morgan fingerprint density at radius 3 is 2.73 bits per heavy atom. The van der Waals surface area contributed by atoms with Gasteiger partial charge in [-0.1, -0.05) is 37.8 Å². The molecule has 0 saturated carbocycles. The Kier molecular flexibility index (Phi) is 6.75. The van der Waals surface area contributed by atoms with Gasteiger partial charge in [0.05, 0.1) is 6.61 Å². The monoisotopic (exact) mass is 152 g/mol. The third-order valence-electron chi connectivity index (χ3n) is 1.33. The zero-order chi connectivity index (χ0) is 8.53. The van der Waals surface area contributed by atoms with Crippen molar-refractivity contribution in [2.24, 2.45) is 0 Å². The van der Waals surface area contributed by atoms with Crippen LogP contribution in [0, 0.1) is 0 Å². The summed E-state index contributed by atoms with van der Waals surface area (Å²) < 4.78 is 4.88. The molecule has 1 nitrogen and oxygen atoms in total. The fourth-order valence-electron chi connectivity index (χ4n) is 0.738. The van der Waals surface area contributed by atoms with Crippen LogP contribution >= 0.6 is 0 Å². The first-order valence-corrected chi connectivity index (χ1v) is 3.82. The van der Waals surface area contributed by atoms with E-state index in [2.05, 4.69) is 19.6 Å². The van der Waals surface area contributed by atoms with Gasteiger partial charge in [0, 0.05) is 7.11 Å². The molecule has 0 atom stereocenters. The van der Waals surface area contributed by atoms with Gasteiger partial charge in [0.1, 0.15) is 0 Å². The molecule has 0 saturated heterocycles. The summed E-state index contributed by atoms with van der Waals surface area (Å²) in [5, 5.41) is 0. The number of allylic oxidation sites excluding steroid dienone is 4. The zero-order valence-electron chi connectivity index (χ0n) is 7.34. The normalized spacial score (nSPS) is 12.4. The van der Waals surface area contributed by atoms with E-state index in [1.54, 1.807) is 13.2 Å². The van der Waals surface area contributed by atoms with Crippen molar-refractivity contribution in [3.63, 3.8) is 0 Å². The van der Waals surface area contributed by atoms with E-state index in [1.165, 1.54) is 5.57 Å². The predicted octanol–water partition coefficient (Wildman–Crippen LogP) is 2.71. The molecule has 1 heteroatoms. The van der Waals surface area contributed by atoms with Crippen LogP contribution in [0.15, 0.2) is 36.5 Å². The number of ether oxygens (including phenoxy) is 1. The minimum atomic E-state index is 0.675. The molecule has 0 spiro atoms. The average Bonchev–Trinajstić information content (AvgIpc) is 2.03. The molecule has 0 aliphatic rings. The van der Waals surface area contributed by atoms with Gasteiger partial charge < -0.3 is 4.74 Å². The van der Waals surface area contributed by atoms with Crippen LogP contribution in [-0.4, -0.2) is 13.7 Å². The van der Waals surface area contributed by atoms with Crippen LogP contribution in [0.5, 0.6) is 0 Å². The van der Waals surface area contributed by atoms with Gasteiger partial charge in [0.15, 0.2) is 0 Å². The first-order valence-electron chi connectivity index (χ1n) is 3.82. The molecule has 0 amide bonds. The smallest absolute Gasteiger partial charge is 0.0646 e. The number of hydrogen-bond donors (Lipinski definition) is 0. The van der Waals surface area contributed by atoms with E-state index >= 15 is 0 Å². The Morgan fingerprint density at radius 2 is 2.27 bits per heavy atom. The molecule has 62 valence electrons. The quantitative estimate of drug-likeness (QED) is 0.550. The van der Waals surface area contributed by atoms with Gasteiger partial charge in [-0.05, 0) is 12.0 Å². The molecule has 0 fully saturated rings. The van der Waals surface area contributed by atoms with Crippen molar-refractivity contribution in [2.45, 2.75) is 13.3 Å². The molecule has 0 aliphatic carbocycles. The van der Waals surface area contributed by atoms with Crippen molar-refractivity contribution in [1.82, 2.24) is 0 Å². The van der Waals surface area contributed by atoms with Crippen LogP contribution in [0.3, 0.4) is 0 Å². The maximum absolute atomic E-state index is 4.88. The Morgan fingerprint density at radius 1 is 1.55 bits per heavy atom. The maximum atomic E-state index is 4.88. The van der Waals surface area contributed by atoms with Gasteiger partial charge in [-0.25, -0.2) is 0 Å². The lowest BCUT2D eigenvalue weighted by Crippen LogP contribution is -1.81. The minimum Gasteiger partial charge on any atom is -0.381 e. The lowest BCUT2D eigenvalue weighted by atomic mass is 10.2. The molecular weight excluding hydrogens is 136 g/mol. The van der Waals surface area contributed by atoms with Crippen LogP contribution < -0.4 is 0 Å². The fraction of sp³-hybridized carbons (Fsp3) is 0.400. The second-order valence-corrected chi connectivity index (χ2v) is 2.19. The molecule has 0 radical (unpaired) electrons. The van der Waals surface area contributed by atoms with Crippen molar-refractivity contribution < 1.29 is 4.74 Å². The molecule has 0 heterocycles. The van der Waals surface area contributed by atoms with Crippen LogP contribution in [0.1, 0.15) is 13.3 Å². The summed E-state index contributed by atoms with van der Waals surface area (Å²) in [5.41, 5.74) is 1.28. The van der Waals surface area contributed by atoms with E-state index in [-0.39, 0.29) is 0 Å². The highest BCUT2D eigenvalue weighted by atomic mass is 16.5. The Hall–Kier alpha value is -0.820. The van der Waals surface area contributed by atoms with Crippen molar-refractivity contribution in [2.75, 3.05) is 13.7 Å². The average molecular weight is 152 g/mol. The molecular formula is C10H16O.